The van der Waals surface area contributed by atoms with Crippen molar-refractivity contribution in [2.45, 2.75) is 21.3 Å². The first-order chi connectivity index (χ1) is 13.3. The SMILES string of the molecule is CC(Sc1ccc(NS(=O)(=O)c2cccs2)cc1)C(=O)Nc1ccccc1Br. The van der Waals surface area contributed by atoms with Gasteiger partial charge in [-0.3, -0.25) is 9.52 Å². The van der Waals surface area contributed by atoms with Gasteiger partial charge in [0, 0.05) is 15.1 Å². The van der Waals surface area contributed by atoms with Gasteiger partial charge in [0.2, 0.25) is 5.91 Å². The second-order valence-electron chi connectivity index (χ2n) is 5.79. The molecule has 1 unspecified atom stereocenters. The lowest BCUT2D eigenvalue weighted by atomic mass is 10.3. The number of carbonyl (C=O) groups excluding carboxylic acids is 1. The Balaban J connectivity index is 1.61. The van der Waals surface area contributed by atoms with Gasteiger partial charge in [-0.05, 0) is 70.7 Å². The number of thiophene rings is 1. The van der Waals surface area contributed by atoms with Crippen molar-refractivity contribution < 1.29 is 13.2 Å². The highest BCUT2D eigenvalue weighted by Crippen LogP contribution is 2.28. The summed E-state index contributed by atoms with van der Waals surface area (Å²) in [5, 5.41) is 4.29. The lowest BCUT2D eigenvalue weighted by molar-refractivity contribution is -0.115. The summed E-state index contributed by atoms with van der Waals surface area (Å²) in [6.45, 7) is 1.82. The van der Waals surface area contributed by atoms with Crippen molar-refractivity contribution in [3.63, 3.8) is 0 Å². The van der Waals surface area contributed by atoms with E-state index < -0.39 is 10.0 Å². The van der Waals surface area contributed by atoms with Gasteiger partial charge in [0.25, 0.3) is 10.0 Å². The van der Waals surface area contributed by atoms with Crippen LogP contribution in [0, 0.1) is 0 Å². The van der Waals surface area contributed by atoms with Crippen LogP contribution in [0.1, 0.15) is 6.92 Å². The van der Waals surface area contributed by atoms with E-state index in [2.05, 4.69) is 26.0 Å². The standard InChI is InChI=1S/C19H17BrN2O3S3/c1-13(19(23)21-17-6-3-2-5-16(17)20)27-15-10-8-14(9-11-15)22-28(24,25)18-7-4-12-26-18/h2-13,22H,1H3,(H,21,23). The molecule has 1 amide bonds. The van der Waals surface area contributed by atoms with Gasteiger partial charge >= 0.3 is 0 Å². The van der Waals surface area contributed by atoms with Crippen LogP contribution in [0.3, 0.4) is 0 Å². The van der Waals surface area contributed by atoms with E-state index in [0.717, 1.165) is 26.4 Å². The molecule has 0 aliphatic carbocycles. The molecule has 9 heteroatoms. The second kappa shape index (κ2) is 9.13. The molecule has 1 heterocycles. The number of halogens is 1. The summed E-state index contributed by atoms with van der Waals surface area (Å²) in [5.74, 6) is -0.112. The Morgan fingerprint density at radius 1 is 1.07 bits per heavy atom. The van der Waals surface area contributed by atoms with Crippen molar-refractivity contribution in [1.82, 2.24) is 0 Å². The van der Waals surface area contributed by atoms with E-state index in [0.29, 0.717) is 5.69 Å². The number of benzene rings is 2. The zero-order valence-electron chi connectivity index (χ0n) is 14.8. The van der Waals surface area contributed by atoms with Crippen LogP contribution >= 0.6 is 39.0 Å². The van der Waals surface area contributed by atoms with Crippen LogP contribution in [0.25, 0.3) is 0 Å². The van der Waals surface area contributed by atoms with Crippen LogP contribution in [-0.4, -0.2) is 19.6 Å². The van der Waals surface area contributed by atoms with E-state index in [9.17, 15) is 13.2 Å². The van der Waals surface area contributed by atoms with Gasteiger partial charge < -0.3 is 5.32 Å². The van der Waals surface area contributed by atoms with Gasteiger partial charge in [-0.15, -0.1) is 23.1 Å². The maximum absolute atomic E-state index is 12.4. The van der Waals surface area contributed by atoms with Gasteiger partial charge in [0.15, 0.2) is 0 Å². The third-order valence-corrected chi connectivity index (χ3v) is 8.26. The summed E-state index contributed by atoms with van der Waals surface area (Å²) in [7, 11) is -3.56. The average molecular weight is 497 g/mol. The number of anilines is 2. The van der Waals surface area contributed by atoms with Crippen LogP contribution in [0.15, 0.2) is 79.6 Å². The Bertz CT molecular complexity index is 1050. The Morgan fingerprint density at radius 2 is 1.79 bits per heavy atom. The minimum atomic E-state index is -3.56. The molecule has 0 saturated heterocycles. The number of hydrogen-bond acceptors (Lipinski definition) is 5. The Morgan fingerprint density at radius 3 is 2.43 bits per heavy atom. The fourth-order valence-electron chi connectivity index (χ4n) is 2.28. The van der Waals surface area contributed by atoms with E-state index >= 15 is 0 Å². The highest BCUT2D eigenvalue weighted by molar-refractivity contribution is 9.10. The number of hydrogen-bond donors (Lipinski definition) is 2. The molecule has 2 N–H and O–H groups in total. The Hall–Kier alpha value is -1.81. The topological polar surface area (TPSA) is 75.3 Å². The number of para-hydroxylation sites is 1. The smallest absolute Gasteiger partial charge is 0.271 e. The van der Waals surface area contributed by atoms with Crippen LogP contribution in [0.2, 0.25) is 0 Å². The molecule has 146 valence electrons. The Labute approximate surface area is 180 Å². The van der Waals surface area contributed by atoms with Gasteiger partial charge in [0.05, 0.1) is 10.9 Å². The van der Waals surface area contributed by atoms with E-state index in [1.165, 1.54) is 11.8 Å². The largest absolute Gasteiger partial charge is 0.324 e. The number of sulfonamides is 1. The molecule has 1 atom stereocenters. The molecule has 0 radical (unpaired) electrons. The molecular weight excluding hydrogens is 480 g/mol. The molecule has 1 aromatic heterocycles. The quantitative estimate of drug-likeness (QED) is 0.427. The third kappa shape index (κ3) is 5.38. The molecule has 0 aliphatic rings. The molecule has 0 fully saturated rings. The van der Waals surface area contributed by atoms with Crippen molar-refractivity contribution >= 4 is 66.3 Å². The highest BCUT2D eigenvalue weighted by Gasteiger charge is 2.17. The van der Waals surface area contributed by atoms with Gasteiger partial charge in [-0.1, -0.05) is 18.2 Å². The first-order valence-corrected chi connectivity index (χ1v) is 12.3. The molecule has 2 aromatic carbocycles. The Kier molecular flexibility index (Phi) is 6.82. The summed E-state index contributed by atoms with van der Waals surface area (Å²) in [4.78, 5) is 13.3. The van der Waals surface area contributed by atoms with Crippen molar-refractivity contribution in [3.05, 3.63) is 70.5 Å². The molecule has 3 aromatic rings. The lowest BCUT2D eigenvalue weighted by Gasteiger charge is -2.13. The van der Waals surface area contributed by atoms with E-state index in [1.54, 1.807) is 41.8 Å². The molecule has 28 heavy (non-hydrogen) atoms. The lowest BCUT2D eigenvalue weighted by Crippen LogP contribution is -2.22. The van der Waals surface area contributed by atoms with E-state index in [1.807, 2.05) is 31.2 Å². The van der Waals surface area contributed by atoms with Gasteiger partial charge in [-0.2, -0.15) is 0 Å². The normalized spacial score (nSPS) is 12.4. The molecule has 5 nitrogen and oxygen atoms in total. The molecule has 0 bridgehead atoms. The van der Waals surface area contributed by atoms with Crippen molar-refractivity contribution in [1.29, 1.82) is 0 Å². The number of nitrogens with one attached hydrogen (secondary N) is 2. The third-order valence-electron chi connectivity index (χ3n) is 3.68. The predicted molar refractivity (Wildman–Crippen MR) is 120 cm³/mol. The zero-order chi connectivity index (χ0) is 20.1. The maximum Gasteiger partial charge on any atom is 0.271 e. The van der Waals surface area contributed by atoms with Gasteiger partial charge in [0.1, 0.15) is 4.21 Å². The number of carbonyl (C=O) groups is 1. The molecular formula is C19H17BrN2O3S3. The van der Waals surface area contributed by atoms with Crippen LogP contribution < -0.4 is 10.0 Å². The average Bonchev–Trinajstić information content (AvgIpc) is 3.21. The summed E-state index contributed by atoms with van der Waals surface area (Å²) < 4.78 is 28.1. The number of amides is 1. The van der Waals surface area contributed by atoms with Crippen LogP contribution in [-0.2, 0) is 14.8 Å². The fourth-order valence-corrected chi connectivity index (χ4v) is 5.58. The van der Waals surface area contributed by atoms with Crippen molar-refractivity contribution in [2.24, 2.45) is 0 Å². The first kappa shape index (κ1) is 20.9. The summed E-state index contributed by atoms with van der Waals surface area (Å²) >= 11 is 5.97. The van der Waals surface area contributed by atoms with E-state index in [-0.39, 0.29) is 15.4 Å². The molecule has 0 saturated carbocycles. The summed E-state index contributed by atoms with van der Waals surface area (Å²) in [5.41, 5.74) is 1.20. The predicted octanol–water partition coefficient (Wildman–Crippen LogP) is 5.43. The second-order valence-corrected chi connectivity index (χ2v) is 10.9. The monoisotopic (exact) mass is 496 g/mol. The minimum absolute atomic E-state index is 0.112. The van der Waals surface area contributed by atoms with Crippen molar-refractivity contribution in [3.8, 4) is 0 Å². The molecule has 0 spiro atoms. The minimum Gasteiger partial charge on any atom is -0.324 e. The first-order valence-electron chi connectivity index (χ1n) is 8.23. The summed E-state index contributed by atoms with van der Waals surface area (Å²) in [6, 6.07) is 17.6. The van der Waals surface area contributed by atoms with Crippen LogP contribution in [0.4, 0.5) is 11.4 Å². The van der Waals surface area contributed by atoms with Gasteiger partial charge in [-0.25, -0.2) is 8.42 Å². The maximum atomic E-state index is 12.4. The van der Waals surface area contributed by atoms with Crippen LogP contribution in [0.5, 0.6) is 0 Å². The fraction of sp³-hybridized carbons (Fsp3) is 0.105. The summed E-state index contributed by atoms with van der Waals surface area (Å²) in [6.07, 6.45) is 0. The number of rotatable bonds is 7. The molecule has 0 aliphatic heterocycles. The number of thioether (sulfide) groups is 1. The zero-order valence-corrected chi connectivity index (χ0v) is 18.8. The van der Waals surface area contributed by atoms with Crippen molar-refractivity contribution in [2.75, 3.05) is 10.0 Å². The highest BCUT2D eigenvalue weighted by atomic mass is 79.9. The van der Waals surface area contributed by atoms with E-state index in [4.69, 9.17) is 0 Å². The molecule has 3 rings (SSSR count).